The number of aliphatic imine (C=N–C) groups is 1. The first-order valence-electron chi connectivity index (χ1n) is 2.05. The van der Waals surface area contributed by atoms with Crippen LogP contribution in [0.5, 0.6) is 0 Å². The van der Waals surface area contributed by atoms with Crippen molar-refractivity contribution in [3.05, 3.63) is 12.4 Å². The van der Waals surface area contributed by atoms with Gasteiger partial charge in [0.2, 0.25) is 0 Å². The van der Waals surface area contributed by atoms with Gasteiger partial charge in [0.25, 0.3) is 5.17 Å². The molecule has 1 heterocycles. The molecule has 0 aromatic heterocycles. The summed E-state index contributed by atoms with van der Waals surface area (Å²) in [7, 11) is 0. The van der Waals surface area contributed by atoms with E-state index in [1.54, 1.807) is 18.0 Å². The molecular weight excluding hydrogens is 188 g/mol. The van der Waals surface area contributed by atoms with Crippen LogP contribution in [0.2, 0.25) is 0 Å². The highest BCUT2D eigenvalue weighted by atomic mass is 79.9. The van der Waals surface area contributed by atoms with E-state index in [0.29, 0.717) is 0 Å². The number of hydrogen-bond acceptors (Lipinski definition) is 2. The van der Waals surface area contributed by atoms with Crippen molar-refractivity contribution in [3.63, 3.8) is 0 Å². The van der Waals surface area contributed by atoms with Gasteiger partial charge in [0.05, 0.1) is 6.20 Å². The van der Waals surface area contributed by atoms with E-state index in [-0.39, 0.29) is 17.0 Å². The Morgan fingerprint density at radius 2 is 2.50 bits per heavy atom. The van der Waals surface area contributed by atoms with Crippen LogP contribution in [-0.2, 0) is 0 Å². The van der Waals surface area contributed by atoms with E-state index in [1.807, 2.05) is 17.8 Å². The van der Waals surface area contributed by atoms with E-state index in [1.165, 1.54) is 0 Å². The van der Waals surface area contributed by atoms with E-state index in [4.69, 9.17) is 0 Å². The Labute approximate surface area is 63.2 Å². The second kappa shape index (κ2) is 4.12. The van der Waals surface area contributed by atoms with E-state index >= 15 is 0 Å². The summed E-state index contributed by atoms with van der Waals surface area (Å²) in [4.78, 5) is 4.00. The van der Waals surface area contributed by atoms with Gasteiger partial charge in [0, 0.05) is 0 Å². The average molecular weight is 195 g/mol. The Hall–Kier alpha value is 0.200. The lowest BCUT2D eigenvalue weighted by Crippen LogP contribution is -3.00. The number of halogens is 1. The number of amidine groups is 1. The van der Waals surface area contributed by atoms with Crippen molar-refractivity contribution >= 4 is 16.9 Å². The van der Waals surface area contributed by atoms with Gasteiger partial charge in [-0.25, -0.2) is 0 Å². The van der Waals surface area contributed by atoms with Crippen LogP contribution in [0, 0.1) is 0 Å². The van der Waals surface area contributed by atoms with Crippen molar-refractivity contribution in [3.8, 4) is 0 Å². The third-order valence-electron chi connectivity index (χ3n) is 0.736. The lowest BCUT2D eigenvalue weighted by atomic mass is 11.0. The van der Waals surface area contributed by atoms with Gasteiger partial charge in [-0.3, -0.25) is 5.32 Å². The maximum absolute atomic E-state index is 4.00. The van der Waals surface area contributed by atoms with Crippen molar-refractivity contribution in [1.29, 1.82) is 0 Å². The molecule has 0 fully saturated rings. The predicted molar refractivity (Wildman–Crippen MR) is 32.0 cm³/mol. The average Bonchev–Trinajstić information content (AvgIpc) is 2.14. The predicted octanol–water partition coefficient (Wildman–Crippen LogP) is -3.24. The molecule has 0 radical (unpaired) electrons. The molecule has 2 nitrogen and oxygen atoms in total. The summed E-state index contributed by atoms with van der Waals surface area (Å²) in [6, 6.07) is 0. The Balaban J connectivity index is 0.000000490. The summed E-state index contributed by atoms with van der Waals surface area (Å²) in [6.45, 7) is 0. The topological polar surface area (TPSA) is 29.0 Å². The van der Waals surface area contributed by atoms with Gasteiger partial charge in [-0.2, -0.15) is 4.99 Å². The zero-order chi connectivity index (χ0) is 5.11. The zero-order valence-corrected chi connectivity index (χ0v) is 6.87. The molecule has 0 saturated carbocycles. The first kappa shape index (κ1) is 8.20. The van der Waals surface area contributed by atoms with Crippen LogP contribution in [0.1, 0.15) is 0 Å². The maximum Gasteiger partial charge on any atom is 0.264 e. The molecule has 1 aliphatic rings. The molecular formula is C4H7BrN2S. The van der Waals surface area contributed by atoms with E-state index < -0.39 is 0 Å². The highest BCUT2D eigenvalue weighted by Crippen LogP contribution is 1.92. The first-order chi connectivity index (χ1) is 3.43. The van der Waals surface area contributed by atoms with E-state index in [9.17, 15) is 0 Å². The smallest absolute Gasteiger partial charge is 0.264 e. The molecule has 0 aromatic carbocycles. The minimum atomic E-state index is 0. The zero-order valence-electron chi connectivity index (χ0n) is 4.47. The Morgan fingerprint density at radius 1 is 1.75 bits per heavy atom. The molecule has 8 heavy (non-hydrogen) atoms. The van der Waals surface area contributed by atoms with Gasteiger partial charge in [-0.05, 0) is 18.0 Å². The van der Waals surface area contributed by atoms with Crippen LogP contribution in [0.25, 0.3) is 0 Å². The van der Waals surface area contributed by atoms with Crippen molar-refractivity contribution < 1.29 is 22.3 Å². The second-order valence-electron chi connectivity index (χ2n) is 1.18. The van der Waals surface area contributed by atoms with Gasteiger partial charge >= 0.3 is 0 Å². The Morgan fingerprint density at radius 3 is 2.75 bits per heavy atom. The van der Waals surface area contributed by atoms with Crippen LogP contribution in [0.4, 0.5) is 0 Å². The fourth-order valence-corrected chi connectivity index (χ4v) is 0.787. The Kier molecular flexibility index (Phi) is 4.22. The normalized spacial score (nSPS) is 15.4. The largest absolute Gasteiger partial charge is 1.00 e. The van der Waals surface area contributed by atoms with Gasteiger partial charge in [0.15, 0.2) is 0 Å². The standard InChI is InChI=1S/C4H6N2S.BrH/c1-7-4-5-2-3-6-4;/h2-3H,1H3,(H,5,6);1H. The summed E-state index contributed by atoms with van der Waals surface area (Å²) in [5.74, 6) is 0. The number of nitrogens with zero attached hydrogens (tertiary/aromatic N) is 1. The Bertz CT molecular complexity index is 121. The minimum absolute atomic E-state index is 0. The summed E-state index contributed by atoms with van der Waals surface area (Å²) < 4.78 is 0. The molecule has 1 aliphatic heterocycles. The molecule has 0 atom stereocenters. The summed E-state index contributed by atoms with van der Waals surface area (Å²) in [6.07, 6.45) is 5.75. The molecule has 0 spiro atoms. The monoisotopic (exact) mass is 194 g/mol. The number of nitrogens with two attached hydrogens (primary N) is 1. The minimum Gasteiger partial charge on any atom is -1.00 e. The molecule has 0 aliphatic carbocycles. The summed E-state index contributed by atoms with van der Waals surface area (Å²) in [5.41, 5.74) is 0. The molecule has 4 heteroatoms. The quantitative estimate of drug-likeness (QED) is 0.432. The lowest BCUT2D eigenvalue weighted by molar-refractivity contribution is -0.451. The van der Waals surface area contributed by atoms with Crippen molar-refractivity contribution in [2.45, 2.75) is 0 Å². The first-order valence-corrected chi connectivity index (χ1v) is 3.27. The fourth-order valence-electron chi connectivity index (χ4n) is 0.406. The molecule has 0 aromatic rings. The molecule has 0 unspecified atom stereocenters. The fraction of sp³-hybridized carbons (Fsp3) is 0.250. The van der Waals surface area contributed by atoms with Crippen molar-refractivity contribution in [2.24, 2.45) is 4.99 Å². The van der Waals surface area contributed by atoms with Crippen LogP contribution >= 0.6 is 11.8 Å². The van der Waals surface area contributed by atoms with E-state index in [0.717, 1.165) is 5.17 Å². The second-order valence-corrected chi connectivity index (χ2v) is 2.01. The van der Waals surface area contributed by atoms with Crippen LogP contribution in [0.15, 0.2) is 17.4 Å². The molecule has 0 saturated heterocycles. The van der Waals surface area contributed by atoms with E-state index in [2.05, 4.69) is 4.99 Å². The highest BCUT2D eigenvalue weighted by Gasteiger charge is 1.99. The maximum atomic E-state index is 4.00. The summed E-state index contributed by atoms with van der Waals surface area (Å²) >= 11 is 1.66. The SMILES string of the molecule is CSC1=NC=C[NH2+]1.[Br-]. The molecule has 1 rings (SSSR count). The van der Waals surface area contributed by atoms with Gasteiger partial charge in [0.1, 0.15) is 6.20 Å². The van der Waals surface area contributed by atoms with Crippen LogP contribution in [-0.4, -0.2) is 11.4 Å². The number of thioether (sulfide) groups is 1. The number of rotatable bonds is 0. The van der Waals surface area contributed by atoms with Crippen LogP contribution in [0.3, 0.4) is 0 Å². The van der Waals surface area contributed by atoms with Gasteiger partial charge < -0.3 is 17.0 Å². The highest BCUT2D eigenvalue weighted by molar-refractivity contribution is 8.12. The lowest BCUT2D eigenvalue weighted by Gasteiger charge is -1.82. The van der Waals surface area contributed by atoms with Gasteiger partial charge in [-0.1, -0.05) is 0 Å². The third-order valence-corrected chi connectivity index (χ3v) is 1.40. The molecule has 2 N–H and O–H groups in total. The third kappa shape index (κ3) is 1.98. The van der Waals surface area contributed by atoms with Gasteiger partial charge in [-0.15, -0.1) is 0 Å². The molecule has 46 valence electrons. The number of quaternary nitrogens is 1. The van der Waals surface area contributed by atoms with Crippen molar-refractivity contribution in [2.75, 3.05) is 6.26 Å². The van der Waals surface area contributed by atoms with Crippen molar-refractivity contribution in [1.82, 2.24) is 0 Å². The number of hydrogen-bond donors (Lipinski definition) is 1. The molecule has 0 amide bonds. The molecule has 0 bridgehead atoms. The summed E-state index contributed by atoms with van der Waals surface area (Å²) in [5, 5.41) is 3.09. The van der Waals surface area contributed by atoms with Crippen LogP contribution < -0.4 is 22.3 Å².